The summed E-state index contributed by atoms with van der Waals surface area (Å²) in [6.07, 6.45) is 7.07. The van der Waals surface area contributed by atoms with Crippen molar-refractivity contribution in [3.05, 3.63) is 0 Å². The molecular formula is C23H45NO4. The van der Waals surface area contributed by atoms with Crippen molar-refractivity contribution in [3.63, 3.8) is 0 Å². The largest absolute Gasteiger partial charge is 0.383 e. The third-order valence-electron chi connectivity index (χ3n) is 6.69. The topological polar surface area (TPSA) is 40.2 Å². The van der Waals surface area contributed by atoms with Gasteiger partial charge in [-0.15, -0.1) is 0 Å². The molecule has 28 heavy (non-hydrogen) atoms. The molecule has 1 saturated heterocycles. The molecule has 1 aliphatic heterocycles. The lowest BCUT2D eigenvalue weighted by atomic mass is 9.66. The Kier molecular flexibility index (Phi) is 9.68. The molecule has 2 fully saturated rings. The molecule has 1 spiro atoms. The van der Waals surface area contributed by atoms with Gasteiger partial charge in [-0.1, -0.05) is 27.7 Å². The molecule has 1 unspecified atom stereocenters. The van der Waals surface area contributed by atoms with Gasteiger partial charge in [-0.2, -0.15) is 0 Å². The summed E-state index contributed by atoms with van der Waals surface area (Å²) in [5, 5.41) is 0. The Labute approximate surface area is 173 Å². The third kappa shape index (κ3) is 7.24. The number of hydrogen-bond acceptors (Lipinski definition) is 5. The molecule has 1 saturated carbocycles. The molecule has 1 heterocycles. The summed E-state index contributed by atoms with van der Waals surface area (Å²) in [6, 6.07) is 0. The molecule has 0 bridgehead atoms. The van der Waals surface area contributed by atoms with Crippen LogP contribution in [0, 0.1) is 17.3 Å². The fourth-order valence-corrected chi connectivity index (χ4v) is 5.18. The van der Waals surface area contributed by atoms with Gasteiger partial charge >= 0.3 is 0 Å². The highest BCUT2D eigenvalue weighted by Gasteiger charge is 2.46. The molecule has 5 heteroatoms. The molecule has 0 aromatic rings. The zero-order chi connectivity index (χ0) is 20.6. The van der Waals surface area contributed by atoms with Crippen LogP contribution in [0.4, 0.5) is 0 Å². The van der Waals surface area contributed by atoms with Crippen LogP contribution in [0.5, 0.6) is 0 Å². The number of nitrogens with zero attached hydrogens (tertiary/aromatic N) is 1. The molecule has 2 aliphatic rings. The molecule has 166 valence electrons. The predicted octanol–water partition coefficient (Wildman–Crippen LogP) is 4.35. The van der Waals surface area contributed by atoms with Gasteiger partial charge in [0.05, 0.1) is 25.9 Å². The molecule has 0 amide bonds. The highest BCUT2D eigenvalue weighted by Crippen LogP contribution is 2.48. The quantitative estimate of drug-likeness (QED) is 0.488. The van der Waals surface area contributed by atoms with Gasteiger partial charge in [0, 0.05) is 46.7 Å². The summed E-state index contributed by atoms with van der Waals surface area (Å²) in [7, 11) is 3.51. The van der Waals surface area contributed by atoms with Gasteiger partial charge in [-0.05, 0) is 42.9 Å². The second kappa shape index (κ2) is 11.3. The van der Waals surface area contributed by atoms with E-state index in [1.165, 1.54) is 19.3 Å². The van der Waals surface area contributed by atoms with Crippen molar-refractivity contribution in [3.8, 4) is 0 Å². The molecule has 1 aliphatic carbocycles. The summed E-state index contributed by atoms with van der Waals surface area (Å²) in [6.45, 7) is 14.7. The van der Waals surface area contributed by atoms with Gasteiger partial charge in [0.1, 0.15) is 0 Å². The normalized spacial score (nSPS) is 28.7. The maximum absolute atomic E-state index is 6.48. The summed E-state index contributed by atoms with van der Waals surface area (Å²) in [5.74, 6) is 1.23. The Morgan fingerprint density at radius 3 is 2.18 bits per heavy atom. The second-order valence-corrected chi connectivity index (χ2v) is 9.94. The van der Waals surface area contributed by atoms with Crippen molar-refractivity contribution >= 4 is 0 Å². The molecule has 1 atom stereocenters. The van der Waals surface area contributed by atoms with E-state index in [0.717, 1.165) is 70.6 Å². The number of hydrogen-bond donors (Lipinski definition) is 0. The maximum Gasteiger partial charge on any atom is 0.168 e. The Balaban J connectivity index is 1.77. The van der Waals surface area contributed by atoms with Crippen LogP contribution >= 0.6 is 0 Å². The predicted molar refractivity (Wildman–Crippen MR) is 114 cm³/mol. The van der Waals surface area contributed by atoms with Crippen LogP contribution in [0.15, 0.2) is 0 Å². The zero-order valence-corrected chi connectivity index (χ0v) is 19.3. The van der Waals surface area contributed by atoms with Crippen molar-refractivity contribution in [1.82, 2.24) is 4.90 Å². The monoisotopic (exact) mass is 399 g/mol. The number of ether oxygens (including phenoxy) is 4. The van der Waals surface area contributed by atoms with Crippen LogP contribution in [0.1, 0.15) is 66.2 Å². The number of rotatable bonds is 12. The van der Waals surface area contributed by atoms with Gasteiger partial charge in [0.25, 0.3) is 0 Å². The first kappa shape index (κ1) is 24.1. The smallest absolute Gasteiger partial charge is 0.168 e. The average molecular weight is 400 g/mol. The minimum atomic E-state index is -0.307. The van der Waals surface area contributed by atoms with E-state index in [1.54, 1.807) is 14.2 Å². The van der Waals surface area contributed by atoms with Crippen molar-refractivity contribution in [2.75, 3.05) is 53.7 Å². The molecule has 0 radical (unpaired) electrons. The van der Waals surface area contributed by atoms with E-state index in [9.17, 15) is 0 Å². The lowest BCUT2D eigenvalue weighted by Gasteiger charge is -2.43. The van der Waals surface area contributed by atoms with Crippen molar-refractivity contribution in [2.45, 2.75) is 78.1 Å². The lowest BCUT2D eigenvalue weighted by Crippen LogP contribution is -2.40. The summed E-state index contributed by atoms with van der Waals surface area (Å²) in [5.41, 5.74) is 0.414. The molecule has 5 nitrogen and oxygen atoms in total. The van der Waals surface area contributed by atoms with Gasteiger partial charge in [0.15, 0.2) is 5.79 Å². The minimum Gasteiger partial charge on any atom is -0.383 e. The Hall–Kier alpha value is -0.200. The lowest BCUT2D eigenvalue weighted by molar-refractivity contribution is -0.198. The fraction of sp³-hybridized carbons (Fsp3) is 1.00. The van der Waals surface area contributed by atoms with E-state index in [1.807, 2.05) is 0 Å². The van der Waals surface area contributed by atoms with E-state index >= 15 is 0 Å². The second-order valence-electron chi connectivity index (χ2n) is 9.94. The van der Waals surface area contributed by atoms with Crippen LogP contribution in [0.25, 0.3) is 0 Å². The number of methoxy groups -OCH3 is 2. The standard InChI is InChI=1S/C23H45NO4/c1-19(2)17-22(3,4)20-7-10-23(11-8-20)27-18-21(28-23)9-12-24(13-15-25-5)14-16-26-6/h19-21H,7-18H2,1-6H3. The van der Waals surface area contributed by atoms with Crippen molar-refractivity contribution in [1.29, 1.82) is 0 Å². The Morgan fingerprint density at radius 2 is 1.64 bits per heavy atom. The maximum atomic E-state index is 6.48. The summed E-state index contributed by atoms with van der Waals surface area (Å²) >= 11 is 0. The van der Waals surface area contributed by atoms with Crippen LogP contribution in [0.2, 0.25) is 0 Å². The van der Waals surface area contributed by atoms with Crippen LogP contribution < -0.4 is 0 Å². The van der Waals surface area contributed by atoms with Crippen LogP contribution in [-0.2, 0) is 18.9 Å². The molecule has 0 N–H and O–H groups in total. The van der Waals surface area contributed by atoms with Crippen molar-refractivity contribution < 1.29 is 18.9 Å². The van der Waals surface area contributed by atoms with E-state index in [2.05, 4.69) is 32.6 Å². The molecular weight excluding hydrogens is 354 g/mol. The third-order valence-corrected chi connectivity index (χ3v) is 6.69. The van der Waals surface area contributed by atoms with Gasteiger partial charge in [-0.25, -0.2) is 0 Å². The Bertz CT molecular complexity index is 424. The molecule has 2 rings (SSSR count). The summed E-state index contributed by atoms with van der Waals surface area (Å²) < 4.78 is 23.2. The Morgan fingerprint density at radius 1 is 1.04 bits per heavy atom. The van der Waals surface area contributed by atoms with Crippen LogP contribution in [-0.4, -0.2) is 70.5 Å². The van der Waals surface area contributed by atoms with E-state index in [0.29, 0.717) is 5.41 Å². The first-order valence-corrected chi connectivity index (χ1v) is 11.3. The highest BCUT2D eigenvalue weighted by molar-refractivity contribution is 4.90. The van der Waals surface area contributed by atoms with Crippen molar-refractivity contribution in [2.24, 2.45) is 17.3 Å². The molecule has 0 aromatic heterocycles. The average Bonchev–Trinajstić information content (AvgIpc) is 3.03. The van der Waals surface area contributed by atoms with E-state index in [4.69, 9.17) is 18.9 Å². The minimum absolute atomic E-state index is 0.216. The highest BCUT2D eigenvalue weighted by atomic mass is 16.7. The summed E-state index contributed by atoms with van der Waals surface area (Å²) in [4.78, 5) is 2.40. The van der Waals surface area contributed by atoms with E-state index in [-0.39, 0.29) is 11.9 Å². The van der Waals surface area contributed by atoms with Gasteiger partial charge in [-0.3, -0.25) is 4.90 Å². The van der Waals surface area contributed by atoms with Crippen LogP contribution in [0.3, 0.4) is 0 Å². The first-order valence-electron chi connectivity index (χ1n) is 11.3. The fourth-order valence-electron chi connectivity index (χ4n) is 5.18. The zero-order valence-electron chi connectivity index (χ0n) is 19.3. The van der Waals surface area contributed by atoms with Gasteiger partial charge in [0.2, 0.25) is 0 Å². The van der Waals surface area contributed by atoms with Gasteiger partial charge < -0.3 is 18.9 Å². The SMILES string of the molecule is COCCN(CCOC)CCC1COC2(CCC(C(C)(C)CC(C)C)CC2)O1. The molecule has 0 aromatic carbocycles. The first-order chi connectivity index (χ1) is 13.3. The van der Waals surface area contributed by atoms with E-state index < -0.39 is 0 Å².